The van der Waals surface area contributed by atoms with Gasteiger partial charge in [-0.25, -0.2) is 4.79 Å². The van der Waals surface area contributed by atoms with Crippen molar-refractivity contribution in [3.8, 4) is 0 Å². The van der Waals surface area contributed by atoms with Gasteiger partial charge in [0.1, 0.15) is 0 Å². The van der Waals surface area contributed by atoms with Crippen LogP contribution >= 0.6 is 0 Å². The molecule has 0 saturated heterocycles. The van der Waals surface area contributed by atoms with Crippen molar-refractivity contribution in [3.63, 3.8) is 0 Å². The van der Waals surface area contributed by atoms with Crippen molar-refractivity contribution in [2.75, 3.05) is 0 Å². The predicted molar refractivity (Wildman–Crippen MR) is 89.4 cm³/mol. The maximum Gasteiger partial charge on any atom is 0.325 e. The molecule has 25 heavy (non-hydrogen) atoms. The van der Waals surface area contributed by atoms with Crippen LogP contribution in [0.4, 0.5) is 0 Å². The summed E-state index contributed by atoms with van der Waals surface area (Å²) in [4.78, 5) is 32.9. The summed E-state index contributed by atoms with van der Waals surface area (Å²) in [5.41, 5.74) is 0.216. The molecule has 0 unspecified atom stereocenters. The summed E-state index contributed by atoms with van der Waals surface area (Å²) in [6, 6.07) is 0. The summed E-state index contributed by atoms with van der Waals surface area (Å²) in [6.07, 6.45) is 7.89. The topological polar surface area (TPSA) is 105 Å². The molecule has 2 N–H and O–H groups in total. The predicted octanol–water partition coefficient (Wildman–Crippen LogP) is 1.81. The Kier molecular flexibility index (Phi) is 3.12. The number of aromatic amines is 2. The Morgan fingerprint density at radius 2 is 1.72 bits per heavy atom. The largest absolute Gasteiger partial charge is 0.339 e. The van der Waals surface area contributed by atoms with Crippen LogP contribution in [0, 0.1) is 24.7 Å². The molecule has 2 heterocycles. The van der Waals surface area contributed by atoms with Crippen LogP contribution < -0.4 is 11.2 Å². The van der Waals surface area contributed by atoms with Crippen molar-refractivity contribution in [3.05, 3.63) is 43.8 Å². The molecule has 4 bridgehead atoms. The van der Waals surface area contributed by atoms with Gasteiger partial charge in [-0.3, -0.25) is 9.78 Å². The zero-order valence-corrected chi connectivity index (χ0v) is 14.3. The van der Waals surface area contributed by atoms with Crippen molar-refractivity contribution in [2.45, 2.75) is 57.3 Å². The van der Waals surface area contributed by atoms with Gasteiger partial charge in [0.15, 0.2) is 5.82 Å². The molecule has 7 heteroatoms. The van der Waals surface area contributed by atoms with Crippen LogP contribution in [0.2, 0.25) is 0 Å². The van der Waals surface area contributed by atoms with Crippen LogP contribution in [0.25, 0.3) is 0 Å². The Morgan fingerprint density at radius 3 is 2.32 bits per heavy atom. The van der Waals surface area contributed by atoms with Crippen molar-refractivity contribution in [2.24, 2.45) is 17.8 Å². The second-order valence-electron chi connectivity index (χ2n) is 8.40. The molecule has 4 aliphatic carbocycles. The van der Waals surface area contributed by atoms with E-state index in [0.717, 1.165) is 23.6 Å². The Balaban J connectivity index is 1.45. The summed E-state index contributed by atoms with van der Waals surface area (Å²) in [7, 11) is 0. The Labute approximate surface area is 144 Å². The molecular formula is C18H22N4O3. The molecule has 2 aromatic heterocycles. The van der Waals surface area contributed by atoms with E-state index in [1.54, 1.807) is 6.92 Å². The van der Waals surface area contributed by atoms with Crippen LogP contribution in [-0.4, -0.2) is 20.1 Å². The number of nitrogens with zero attached hydrogens (tertiary/aromatic N) is 2. The molecule has 132 valence electrons. The zero-order chi connectivity index (χ0) is 17.2. The van der Waals surface area contributed by atoms with E-state index in [4.69, 9.17) is 4.52 Å². The maximum absolute atomic E-state index is 12.0. The average Bonchev–Trinajstić information content (AvgIpc) is 2.99. The van der Waals surface area contributed by atoms with Crippen molar-refractivity contribution >= 4 is 0 Å². The van der Waals surface area contributed by atoms with E-state index in [1.165, 1.54) is 38.5 Å². The minimum atomic E-state index is -0.494. The van der Waals surface area contributed by atoms with Gasteiger partial charge in [0.05, 0.1) is 6.42 Å². The fourth-order valence-electron chi connectivity index (χ4n) is 5.92. The molecule has 0 aliphatic heterocycles. The first-order chi connectivity index (χ1) is 12.0. The number of hydrogen-bond donors (Lipinski definition) is 2. The molecule has 0 atom stereocenters. The fourth-order valence-corrected chi connectivity index (χ4v) is 5.92. The molecule has 2 aromatic rings. The van der Waals surface area contributed by atoms with E-state index in [0.29, 0.717) is 17.1 Å². The van der Waals surface area contributed by atoms with E-state index in [9.17, 15) is 9.59 Å². The first-order valence-electron chi connectivity index (χ1n) is 9.16. The first kappa shape index (κ1) is 15.1. The molecule has 7 nitrogen and oxygen atoms in total. The zero-order valence-electron chi connectivity index (χ0n) is 14.3. The number of rotatable bonds is 3. The van der Waals surface area contributed by atoms with Gasteiger partial charge < -0.3 is 9.51 Å². The monoisotopic (exact) mass is 342 g/mol. The van der Waals surface area contributed by atoms with Crippen LogP contribution in [0.5, 0.6) is 0 Å². The SMILES string of the molecule is Cc1[nH]c(=O)[nH]c(=O)c1Cc1nc(C23CC4CC(CC(C4)C2)C3)no1. The van der Waals surface area contributed by atoms with Crippen molar-refractivity contribution in [1.82, 2.24) is 20.1 Å². The van der Waals surface area contributed by atoms with Crippen LogP contribution in [0.15, 0.2) is 14.1 Å². The normalized spacial score (nSPS) is 33.1. The molecule has 0 spiro atoms. The smallest absolute Gasteiger partial charge is 0.325 e. The number of nitrogens with one attached hydrogen (secondary N) is 2. The number of hydrogen-bond acceptors (Lipinski definition) is 5. The maximum atomic E-state index is 12.0. The number of aromatic nitrogens is 4. The van der Waals surface area contributed by atoms with Gasteiger partial charge >= 0.3 is 5.69 Å². The highest BCUT2D eigenvalue weighted by Gasteiger charge is 2.53. The molecular weight excluding hydrogens is 320 g/mol. The van der Waals surface area contributed by atoms with E-state index >= 15 is 0 Å². The fraction of sp³-hybridized carbons (Fsp3) is 0.667. The lowest BCUT2D eigenvalue weighted by atomic mass is 9.49. The highest BCUT2D eigenvalue weighted by atomic mass is 16.5. The second-order valence-corrected chi connectivity index (χ2v) is 8.40. The standard InChI is InChI=1S/C18H22N4O3/c1-9-13(15(23)21-17(24)19-9)5-14-20-16(22-25-14)18-6-10-2-11(7-18)4-12(3-10)8-18/h10-12H,2-8H2,1H3,(H2,19,21,23,24). The second kappa shape index (κ2) is 5.16. The summed E-state index contributed by atoms with van der Waals surface area (Å²) in [5.74, 6) is 3.74. The van der Waals surface area contributed by atoms with Crippen molar-refractivity contribution < 1.29 is 4.52 Å². The van der Waals surface area contributed by atoms with Crippen molar-refractivity contribution in [1.29, 1.82) is 0 Å². The summed E-state index contributed by atoms with van der Waals surface area (Å²) in [5, 5.41) is 4.31. The highest BCUT2D eigenvalue weighted by molar-refractivity contribution is 5.20. The third kappa shape index (κ3) is 2.40. The van der Waals surface area contributed by atoms with Gasteiger partial charge in [0.2, 0.25) is 5.89 Å². The van der Waals surface area contributed by atoms with Crippen LogP contribution in [0.1, 0.15) is 61.5 Å². The molecule has 0 aromatic carbocycles. The summed E-state index contributed by atoms with van der Waals surface area (Å²) in [6.45, 7) is 1.71. The van der Waals surface area contributed by atoms with Gasteiger partial charge in [-0.15, -0.1) is 0 Å². The van der Waals surface area contributed by atoms with Gasteiger partial charge in [-0.05, 0) is 63.2 Å². The third-order valence-electron chi connectivity index (χ3n) is 6.56. The van der Waals surface area contributed by atoms with Gasteiger partial charge in [-0.1, -0.05) is 5.16 Å². The molecule has 0 amide bonds. The average molecular weight is 342 g/mol. The summed E-state index contributed by atoms with van der Waals surface area (Å²) >= 11 is 0. The van der Waals surface area contributed by atoms with Gasteiger partial charge in [0, 0.05) is 16.7 Å². The minimum Gasteiger partial charge on any atom is -0.339 e. The first-order valence-corrected chi connectivity index (χ1v) is 9.16. The summed E-state index contributed by atoms with van der Waals surface area (Å²) < 4.78 is 5.49. The number of H-pyrrole nitrogens is 2. The van der Waals surface area contributed by atoms with Crippen LogP contribution in [0.3, 0.4) is 0 Å². The minimum absolute atomic E-state index is 0.0863. The van der Waals surface area contributed by atoms with Gasteiger partial charge in [0.25, 0.3) is 5.56 Å². The molecule has 4 saturated carbocycles. The third-order valence-corrected chi connectivity index (χ3v) is 6.56. The lowest BCUT2D eigenvalue weighted by Gasteiger charge is -2.55. The van der Waals surface area contributed by atoms with E-state index in [1.807, 2.05) is 0 Å². The van der Waals surface area contributed by atoms with Gasteiger partial charge in [-0.2, -0.15) is 4.98 Å². The Morgan fingerprint density at radius 1 is 1.08 bits per heavy atom. The molecule has 4 fully saturated rings. The molecule has 6 rings (SSSR count). The lowest BCUT2D eigenvalue weighted by molar-refractivity contribution is -0.0103. The van der Waals surface area contributed by atoms with Crippen LogP contribution in [-0.2, 0) is 11.8 Å². The van der Waals surface area contributed by atoms with E-state index in [-0.39, 0.29) is 11.8 Å². The Bertz CT molecular complexity index is 903. The highest BCUT2D eigenvalue weighted by Crippen LogP contribution is 2.60. The molecule has 4 aliphatic rings. The Hall–Kier alpha value is -2.18. The van der Waals surface area contributed by atoms with E-state index < -0.39 is 11.2 Å². The number of aryl methyl sites for hydroxylation is 1. The quantitative estimate of drug-likeness (QED) is 0.885. The molecule has 0 radical (unpaired) electrons. The van der Waals surface area contributed by atoms with E-state index in [2.05, 4.69) is 20.1 Å². The lowest BCUT2D eigenvalue weighted by Crippen LogP contribution is -2.49.